The standard InChI is InChI=1S/C59H98O6/c1-4-7-10-13-16-19-22-24-26-28-29-31-32-34-37-40-43-46-49-52-58(61)64-55-56(54-63-57(60)51-48-45-42-39-36-21-18-15-12-9-6-3)65-59(62)53-50-47-44-41-38-35-33-30-27-25-23-20-17-14-11-8-5-2/h7-8,10-11,16-17,19-20,24-27,29,31,34,37,56H,4-6,9,12-15,18,21-23,28,30,32-33,35-36,38-55H2,1-3H3/b10-7-,11-8-,19-16-,20-17-,26-24-,27-25-,31-29-,37-34-. The quantitative estimate of drug-likeness (QED) is 0.0262. The average molecular weight is 903 g/mol. The minimum absolute atomic E-state index is 0.0916. The zero-order valence-electron chi connectivity index (χ0n) is 42.2. The van der Waals surface area contributed by atoms with Gasteiger partial charge in [-0.2, -0.15) is 0 Å². The van der Waals surface area contributed by atoms with E-state index in [4.69, 9.17) is 14.2 Å². The SMILES string of the molecule is CC/C=C\C/C=C\C/C=C\C/C=C\C/C=C\CCCCCC(=O)OCC(COC(=O)CCCCCCCCCCCCC)OC(=O)CCCCCCCCC/C=C\C/C=C\C/C=C\CC. The van der Waals surface area contributed by atoms with E-state index in [2.05, 4.69) is 118 Å². The molecule has 6 nitrogen and oxygen atoms in total. The molecule has 0 aliphatic heterocycles. The van der Waals surface area contributed by atoms with Gasteiger partial charge in [0.25, 0.3) is 0 Å². The molecule has 0 saturated heterocycles. The first-order valence-electron chi connectivity index (χ1n) is 26.7. The Balaban J connectivity index is 4.44. The predicted octanol–water partition coefficient (Wildman–Crippen LogP) is 17.8. The second kappa shape index (κ2) is 52.9. The van der Waals surface area contributed by atoms with Crippen molar-refractivity contribution in [3.05, 3.63) is 97.2 Å². The summed E-state index contributed by atoms with van der Waals surface area (Å²) in [6.45, 7) is 6.37. The Morgan fingerprint density at radius 2 is 0.600 bits per heavy atom. The Kier molecular flexibility index (Phi) is 50.0. The van der Waals surface area contributed by atoms with E-state index in [1.54, 1.807) is 0 Å². The Labute approximate surface area is 400 Å². The Bertz CT molecular complexity index is 1310. The maximum atomic E-state index is 12.8. The molecule has 0 saturated carbocycles. The van der Waals surface area contributed by atoms with Crippen molar-refractivity contribution in [1.29, 1.82) is 0 Å². The monoisotopic (exact) mass is 903 g/mol. The topological polar surface area (TPSA) is 78.9 Å². The maximum Gasteiger partial charge on any atom is 0.306 e. The molecular weight excluding hydrogens is 805 g/mol. The highest BCUT2D eigenvalue weighted by Crippen LogP contribution is 2.14. The number of allylic oxidation sites excluding steroid dienone is 16. The van der Waals surface area contributed by atoms with Gasteiger partial charge >= 0.3 is 17.9 Å². The van der Waals surface area contributed by atoms with Gasteiger partial charge in [-0.1, -0.05) is 221 Å². The highest BCUT2D eigenvalue weighted by atomic mass is 16.6. The number of carbonyl (C=O) groups excluding carboxylic acids is 3. The molecule has 0 aromatic carbocycles. The molecule has 0 aliphatic carbocycles. The fraction of sp³-hybridized carbons (Fsp3) is 0.678. The van der Waals surface area contributed by atoms with E-state index in [0.29, 0.717) is 19.3 Å². The molecule has 0 aliphatic rings. The molecule has 0 N–H and O–H groups in total. The van der Waals surface area contributed by atoms with Crippen molar-refractivity contribution in [3.63, 3.8) is 0 Å². The molecule has 0 radical (unpaired) electrons. The Hall–Kier alpha value is -3.67. The number of hydrogen-bond acceptors (Lipinski definition) is 6. The van der Waals surface area contributed by atoms with Gasteiger partial charge in [0, 0.05) is 19.3 Å². The highest BCUT2D eigenvalue weighted by Gasteiger charge is 2.19. The van der Waals surface area contributed by atoms with Crippen LogP contribution in [0.3, 0.4) is 0 Å². The molecule has 6 heteroatoms. The second-order valence-corrected chi connectivity index (χ2v) is 17.4. The summed E-state index contributed by atoms with van der Waals surface area (Å²) in [7, 11) is 0. The van der Waals surface area contributed by atoms with E-state index >= 15 is 0 Å². The van der Waals surface area contributed by atoms with Crippen LogP contribution in [0.2, 0.25) is 0 Å². The number of unbranched alkanes of at least 4 members (excludes halogenated alkanes) is 20. The fourth-order valence-corrected chi connectivity index (χ4v) is 7.13. The first-order valence-corrected chi connectivity index (χ1v) is 26.7. The molecule has 0 fully saturated rings. The van der Waals surface area contributed by atoms with E-state index < -0.39 is 6.10 Å². The number of rotatable bonds is 47. The summed E-state index contributed by atoms with van der Waals surface area (Å²) in [5.41, 5.74) is 0. The average Bonchev–Trinajstić information content (AvgIpc) is 3.30. The van der Waals surface area contributed by atoms with Crippen LogP contribution in [0.25, 0.3) is 0 Å². The molecule has 0 aromatic heterocycles. The van der Waals surface area contributed by atoms with Gasteiger partial charge in [0.15, 0.2) is 6.10 Å². The third-order valence-electron chi connectivity index (χ3n) is 11.1. The van der Waals surface area contributed by atoms with Crippen molar-refractivity contribution in [2.75, 3.05) is 13.2 Å². The van der Waals surface area contributed by atoms with Crippen molar-refractivity contribution in [1.82, 2.24) is 0 Å². The molecule has 0 aromatic rings. The summed E-state index contributed by atoms with van der Waals surface area (Å²) in [6.07, 6.45) is 69.6. The lowest BCUT2D eigenvalue weighted by molar-refractivity contribution is -0.167. The molecular formula is C59H98O6. The Morgan fingerprint density at radius 3 is 0.954 bits per heavy atom. The first-order chi connectivity index (χ1) is 32.0. The number of ether oxygens (including phenoxy) is 3. The van der Waals surface area contributed by atoms with Gasteiger partial charge < -0.3 is 14.2 Å². The summed E-state index contributed by atoms with van der Waals surface area (Å²) < 4.78 is 16.8. The van der Waals surface area contributed by atoms with Gasteiger partial charge in [0.1, 0.15) is 13.2 Å². The molecule has 0 amide bonds. The maximum absolute atomic E-state index is 12.8. The van der Waals surface area contributed by atoms with Gasteiger partial charge in [0.2, 0.25) is 0 Å². The predicted molar refractivity (Wildman–Crippen MR) is 279 cm³/mol. The molecule has 1 unspecified atom stereocenters. The Morgan fingerprint density at radius 1 is 0.323 bits per heavy atom. The van der Waals surface area contributed by atoms with E-state index in [-0.39, 0.29) is 31.1 Å². The minimum atomic E-state index is -0.795. The zero-order chi connectivity index (χ0) is 47.2. The van der Waals surface area contributed by atoms with Crippen molar-refractivity contribution >= 4 is 17.9 Å². The lowest BCUT2D eigenvalue weighted by atomic mass is 10.1. The molecule has 0 bridgehead atoms. The number of hydrogen-bond donors (Lipinski definition) is 0. The van der Waals surface area contributed by atoms with Crippen LogP contribution in [-0.4, -0.2) is 37.2 Å². The van der Waals surface area contributed by atoms with Gasteiger partial charge in [-0.05, 0) is 96.3 Å². The lowest BCUT2D eigenvalue weighted by Crippen LogP contribution is -2.30. The molecule has 0 rings (SSSR count). The molecule has 0 spiro atoms. The van der Waals surface area contributed by atoms with Crippen LogP contribution in [0.5, 0.6) is 0 Å². The van der Waals surface area contributed by atoms with Crippen molar-refractivity contribution in [3.8, 4) is 0 Å². The smallest absolute Gasteiger partial charge is 0.306 e. The van der Waals surface area contributed by atoms with Crippen LogP contribution < -0.4 is 0 Å². The number of carbonyl (C=O) groups is 3. The minimum Gasteiger partial charge on any atom is -0.462 e. The van der Waals surface area contributed by atoms with E-state index in [0.717, 1.165) is 122 Å². The van der Waals surface area contributed by atoms with Crippen molar-refractivity contribution in [2.45, 2.75) is 245 Å². The molecule has 0 heterocycles. The largest absolute Gasteiger partial charge is 0.462 e. The normalized spacial score (nSPS) is 12.8. The third kappa shape index (κ3) is 51.2. The van der Waals surface area contributed by atoms with Crippen LogP contribution in [0.4, 0.5) is 0 Å². The van der Waals surface area contributed by atoms with Crippen LogP contribution in [0.1, 0.15) is 239 Å². The van der Waals surface area contributed by atoms with Crippen LogP contribution in [-0.2, 0) is 28.6 Å². The third-order valence-corrected chi connectivity index (χ3v) is 11.1. The van der Waals surface area contributed by atoms with Gasteiger partial charge in [-0.3, -0.25) is 14.4 Å². The van der Waals surface area contributed by atoms with Crippen molar-refractivity contribution < 1.29 is 28.6 Å². The summed E-state index contributed by atoms with van der Waals surface area (Å²) >= 11 is 0. The van der Waals surface area contributed by atoms with E-state index in [9.17, 15) is 14.4 Å². The molecule has 370 valence electrons. The van der Waals surface area contributed by atoms with E-state index in [1.807, 2.05) is 0 Å². The highest BCUT2D eigenvalue weighted by molar-refractivity contribution is 5.71. The van der Waals surface area contributed by atoms with Gasteiger partial charge in [-0.15, -0.1) is 0 Å². The van der Waals surface area contributed by atoms with Gasteiger partial charge in [0.05, 0.1) is 0 Å². The van der Waals surface area contributed by atoms with Crippen molar-refractivity contribution in [2.24, 2.45) is 0 Å². The van der Waals surface area contributed by atoms with Gasteiger partial charge in [-0.25, -0.2) is 0 Å². The summed E-state index contributed by atoms with van der Waals surface area (Å²) in [5.74, 6) is -0.936. The molecule has 1 atom stereocenters. The second-order valence-electron chi connectivity index (χ2n) is 17.4. The van der Waals surface area contributed by atoms with E-state index in [1.165, 1.54) is 77.0 Å². The summed E-state index contributed by atoms with van der Waals surface area (Å²) in [5, 5.41) is 0. The van der Waals surface area contributed by atoms with Crippen LogP contribution >= 0.6 is 0 Å². The first kappa shape index (κ1) is 61.3. The summed E-state index contributed by atoms with van der Waals surface area (Å²) in [6, 6.07) is 0. The lowest BCUT2D eigenvalue weighted by Gasteiger charge is -2.18. The summed E-state index contributed by atoms with van der Waals surface area (Å²) in [4.78, 5) is 38.0. The van der Waals surface area contributed by atoms with Crippen LogP contribution in [0.15, 0.2) is 97.2 Å². The fourth-order valence-electron chi connectivity index (χ4n) is 7.13. The molecule has 65 heavy (non-hydrogen) atoms. The zero-order valence-corrected chi connectivity index (χ0v) is 42.2. The number of esters is 3. The van der Waals surface area contributed by atoms with Crippen LogP contribution in [0, 0.1) is 0 Å².